The van der Waals surface area contributed by atoms with Gasteiger partial charge in [-0.1, -0.05) is 12.1 Å². The third-order valence-corrected chi connectivity index (χ3v) is 4.66. The number of carbonyl (C=O) groups excluding carboxylic acids is 1. The molecule has 7 nitrogen and oxygen atoms in total. The van der Waals surface area contributed by atoms with E-state index in [2.05, 4.69) is 9.88 Å². The lowest BCUT2D eigenvalue weighted by atomic mass is 10.1. The van der Waals surface area contributed by atoms with Crippen LogP contribution in [0.2, 0.25) is 0 Å². The lowest BCUT2D eigenvalue weighted by Gasteiger charge is -2.36. The van der Waals surface area contributed by atoms with Crippen LogP contribution in [0.15, 0.2) is 51.7 Å². The molecule has 1 fully saturated rings. The van der Waals surface area contributed by atoms with Crippen LogP contribution in [0.4, 0.5) is 5.69 Å². The average Bonchev–Trinajstić information content (AvgIpc) is 3.06. The number of rotatable bonds is 3. The van der Waals surface area contributed by atoms with Gasteiger partial charge in [0.05, 0.1) is 18.3 Å². The maximum Gasteiger partial charge on any atom is 0.417 e. The fourth-order valence-electron chi connectivity index (χ4n) is 3.31. The zero-order valence-electron chi connectivity index (χ0n) is 14.4. The van der Waals surface area contributed by atoms with E-state index in [0.717, 1.165) is 24.5 Å². The molecule has 1 amide bonds. The first-order chi connectivity index (χ1) is 12.7. The van der Waals surface area contributed by atoms with Gasteiger partial charge in [0.1, 0.15) is 5.75 Å². The molecule has 0 unspecified atom stereocenters. The minimum atomic E-state index is -0.518. The lowest BCUT2D eigenvalue weighted by Crippen LogP contribution is -2.48. The Morgan fingerprint density at radius 3 is 2.65 bits per heavy atom. The first-order valence-electron chi connectivity index (χ1n) is 8.46. The number of hydrogen-bond acceptors (Lipinski definition) is 5. The van der Waals surface area contributed by atoms with Crippen LogP contribution >= 0.6 is 0 Å². The fraction of sp³-hybridized carbons (Fsp3) is 0.263. The number of carbonyl (C=O) groups is 1. The van der Waals surface area contributed by atoms with Gasteiger partial charge in [-0.15, -0.1) is 0 Å². The van der Waals surface area contributed by atoms with Crippen LogP contribution in [-0.4, -0.2) is 49.1 Å². The molecule has 3 aromatic rings. The molecule has 1 aromatic heterocycles. The molecular weight excluding hydrogens is 334 g/mol. The minimum Gasteiger partial charge on any atom is -0.495 e. The molecule has 26 heavy (non-hydrogen) atoms. The number of aromatic amines is 1. The number of aromatic nitrogens is 1. The van der Waals surface area contributed by atoms with E-state index < -0.39 is 5.76 Å². The molecule has 0 aliphatic carbocycles. The van der Waals surface area contributed by atoms with Crippen LogP contribution in [0, 0.1) is 0 Å². The van der Waals surface area contributed by atoms with Crippen molar-refractivity contribution in [3.05, 3.63) is 58.6 Å². The predicted octanol–water partition coefficient (Wildman–Crippen LogP) is 2.09. The molecule has 4 rings (SSSR count). The Labute approximate surface area is 149 Å². The van der Waals surface area contributed by atoms with Crippen LogP contribution in [0.5, 0.6) is 5.75 Å². The maximum absolute atomic E-state index is 12.8. The van der Waals surface area contributed by atoms with Crippen molar-refractivity contribution in [1.29, 1.82) is 0 Å². The Kier molecular flexibility index (Phi) is 4.12. The Hall–Kier alpha value is -3.22. The number of amides is 1. The molecule has 0 atom stereocenters. The van der Waals surface area contributed by atoms with E-state index in [1.807, 2.05) is 29.2 Å². The summed E-state index contributed by atoms with van der Waals surface area (Å²) >= 11 is 0. The summed E-state index contributed by atoms with van der Waals surface area (Å²) in [4.78, 5) is 30.7. The Bertz CT molecular complexity index is 999. The quantitative estimate of drug-likeness (QED) is 0.780. The number of nitrogens with zero attached hydrogens (tertiary/aromatic N) is 2. The summed E-state index contributed by atoms with van der Waals surface area (Å²) in [5.41, 5.74) is 2.57. The van der Waals surface area contributed by atoms with Gasteiger partial charge in [-0.3, -0.25) is 9.78 Å². The number of oxazole rings is 1. The smallest absolute Gasteiger partial charge is 0.417 e. The number of piperazine rings is 1. The van der Waals surface area contributed by atoms with Crippen molar-refractivity contribution in [2.45, 2.75) is 0 Å². The largest absolute Gasteiger partial charge is 0.495 e. The van der Waals surface area contributed by atoms with E-state index in [-0.39, 0.29) is 5.91 Å². The highest BCUT2D eigenvalue weighted by Crippen LogP contribution is 2.28. The van der Waals surface area contributed by atoms with Crippen LogP contribution in [0.1, 0.15) is 10.4 Å². The highest BCUT2D eigenvalue weighted by Gasteiger charge is 2.24. The van der Waals surface area contributed by atoms with Gasteiger partial charge in [0.25, 0.3) is 5.91 Å². The minimum absolute atomic E-state index is 0.0476. The fourth-order valence-corrected chi connectivity index (χ4v) is 3.31. The van der Waals surface area contributed by atoms with E-state index in [1.54, 1.807) is 25.3 Å². The molecule has 0 radical (unpaired) electrons. The molecule has 2 aromatic carbocycles. The second kappa shape index (κ2) is 6.59. The van der Waals surface area contributed by atoms with Crippen molar-refractivity contribution in [3.8, 4) is 5.75 Å². The standard InChI is InChI=1S/C19H19N3O4/c1-25-17-5-3-2-4-15(17)21-8-10-22(11-9-21)18(23)13-6-7-16-14(12-13)20-19(24)26-16/h2-7,12H,8-11H2,1H3,(H,20,24). The third kappa shape index (κ3) is 2.92. The number of nitrogens with one attached hydrogen (secondary N) is 1. The average molecular weight is 353 g/mol. The van der Waals surface area contributed by atoms with Crippen LogP contribution in [0.25, 0.3) is 11.1 Å². The number of hydrogen-bond donors (Lipinski definition) is 1. The first-order valence-corrected chi connectivity index (χ1v) is 8.46. The summed E-state index contributed by atoms with van der Waals surface area (Å²) < 4.78 is 10.4. The van der Waals surface area contributed by atoms with Crippen molar-refractivity contribution in [2.24, 2.45) is 0 Å². The number of H-pyrrole nitrogens is 1. The molecule has 1 aliphatic rings. The van der Waals surface area contributed by atoms with Gasteiger partial charge in [0.2, 0.25) is 0 Å². The predicted molar refractivity (Wildman–Crippen MR) is 97.9 cm³/mol. The number of anilines is 1. The zero-order chi connectivity index (χ0) is 18.1. The van der Waals surface area contributed by atoms with Crippen molar-refractivity contribution in [3.63, 3.8) is 0 Å². The topological polar surface area (TPSA) is 78.8 Å². The van der Waals surface area contributed by atoms with E-state index in [9.17, 15) is 9.59 Å². The number of fused-ring (bicyclic) bond motifs is 1. The molecule has 1 saturated heterocycles. The van der Waals surface area contributed by atoms with Gasteiger partial charge in [0, 0.05) is 31.7 Å². The Morgan fingerprint density at radius 1 is 1.12 bits per heavy atom. The molecule has 2 heterocycles. The van der Waals surface area contributed by atoms with Gasteiger partial charge in [-0.25, -0.2) is 4.79 Å². The summed E-state index contributed by atoms with van der Waals surface area (Å²) in [5, 5.41) is 0. The Morgan fingerprint density at radius 2 is 1.88 bits per heavy atom. The number of para-hydroxylation sites is 2. The monoisotopic (exact) mass is 353 g/mol. The molecule has 1 N–H and O–H groups in total. The zero-order valence-corrected chi connectivity index (χ0v) is 14.4. The normalized spacial score (nSPS) is 14.7. The maximum atomic E-state index is 12.8. The van der Waals surface area contributed by atoms with E-state index in [0.29, 0.717) is 29.8 Å². The van der Waals surface area contributed by atoms with E-state index in [1.165, 1.54) is 0 Å². The summed E-state index contributed by atoms with van der Waals surface area (Å²) in [6.45, 7) is 2.71. The van der Waals surface area contributed by atoms with Crippen LogP contribution < -0.4 is 15.4 Å². The highest BCUT2D eigenvalue weighted by atomic mass is 16.5. The van der Waals surface area contributed by atoms with Crippen LogP contribution in [-0.2, 0) is 0 Å². The van der Waals surface area contributed by atoms with Gasteiger partial charge < -0.3 is 19.0 Å². The molecule has 0 saturated carbocycles. The van der Waals surface area contributed by atoms with Gasteiger partial charge in [-0.05, 0) is 30.3 Å². The van der Waals surface area contributed by atoms with Crippen molar-refractivity contribution >= 4 is 22.7 Å². The summed E-state index contributed by atoms with van der Waals surface area (Å²) in [5.74, 6) is 0.269. The number of ether oxygens (including phenoxy) is 1. The second-order valence-electron chi connectivity index (χ2n) is 6.18. The van der Waals surface area contributed by atoms with Crippen molar-refractivity contribution < 1.29 is 13.9 Å². The number of benzene rings is 2. The van der Waals surface area contributed by atoms with Crippen molar-refractivity contribution in [1.82, 2.24) is 9.88 Å². The molecule has 134 valence electrons. The summed E-state index contributed by atoms with van der Waals surface area (Å²) in [6.07, 6.45) is 0. The van der Waals surface area contributed by atoms with Gasteiger partial charge in [0.15, 0.2) is 5.58 Å². The van der Waals surface area contributed by atoms with Gasteiger partial charge >= 0.3 is 5.76 Å². The first kappa shape index (κ1) is 16.3. The summed E-state index contributed by atoms with van der Waals surface area (Å²) in [7, 11) is 1.66. The molecule has 0 bridgehead atoms. The third-order valence-electron chi connectivity index (χ3n) is 4.66. The second-order valence-corrected chi connectivity index (χ2v) is 6.18. The molecule has 7 heteroatoms. The van der Waals surface area contributed by atoms with E-state index in [4.69, 9.17) is 9.15 Å². The van der Waals surface area contributed by atoms with Crippen LogP contribution in [0.3, 0.4) is 0 Å². The SMILES string of the molecule is COc1ccccc1N1CCN(C(=O)c2ccc3oc(=O)[nH]c3c2)CC1. The molecule has 1 aliphatic heterocycles. The van der Waals surface area contributed by atoms with Crippen molar-refractivity contribution in [2.75, 3.05) is 38.2 Å². The summed E-state index contributed by atoms with van der Waals surface area (Å²) in [6, 6.07) is 12.9. The van der Waals surface area contributed by atoms with Gasteiger partial charge in [-0.2, -0.15) is 0 Å². The molecular formula is C19H19N3O4. The lowest BCUT2D eigenvalue weighted by molar-refractivity contribution is 0.0747. The Balaban J connectivity index is 1.48. The highest BCUT2D eigenvalue weighted by molar-refractivity contribution is 5.97. The number of methoxy groups -OCH3 is 1. The van der Waals surface area contributed by atoms with E-state index >= 15 is 0 Å². The molecule has 0 spiro atoms.